The number of carbonyl (C=O) groups is 1. The number of sulfonamides is 1. The van der Waals surface area contributed by atoms with Crippen molar-refractivity contribution in [1.29, 1.82) is 0 Å². The Morgan fingerprint density at radius 2 is 2.00 bits per heavy atom. The molecule has 0 unspecified atom stereocenters. The van der Waals surface area contributed by atoms with Gasteiger partial charge in [-0.3, -0.25) is 4.79 Å². The van der Waals surface area contributed by atoms with Crippen LogP contribution in [0.5, 0.6) is 0 Å². The van der Waals surface area contributed by atoms with Gasteiger partial charge in [0.2, 0.25) is 5.91 Å². The van der Waals surface area contributed by atoms with E-state index < -0.39 is 37.7 Å². The fraction of sp³-hybridized carbons (Fsp3) is 0.455. The summed E-state index contributed by atoms with van der Waals surface area (Å²) in [4.78, 5) is 13.8. The van der Waals surface area contributed by atoms with E-state index in [0.29, 0.717) is 12.3 Å². The number of pyridine rings is 1. The highest BCUT2D eigenvalue weighted by Crippen LogP contribution is 2.34. The van der Waals surface area contributed by atoms with Crippen LogP contribution in [-0.2, 0) is 21.0 Å². The molecular formula is C11H12ClF3N2O3S. The summed E-state index contributed by atoms with van der Waals surface area (Å²) in [5.41, 5.74) is -1.39. The van der Waals surface area contributed by atoms with Gasteiger partial charge in [-0.15, -0.1) is 0 Å². The highest BCUT2D eigenvalue weighted by molar-refractivity contribution is 7.90. The molecule has 0 bridgehead atoms. The van der Waals surface area contributed by atoms with E-state index in [2.05, 4.69) is 4.98 Å². The minimum atomic E-state index is -4.85. The molecule has 1 aromatic heterocycles. The van der Waals surface area contributed by atoms with E-state index in [0.717, 1.165) is 0 Å². The third-order valence-corrected chi connectivity index (χ3v) is 3.91. The van der Waals surface area contributed by atoms with Crippen LogP contribution in [0.4, 0.5) is 13.2 Å². The zero-order valence-corrected chi connectivity index (χ0v) is 12.6. The molecule has 118 valence electrons. The van der Waals surface area contributed by atoms with Crippen molar-refractivity contribution in [3.8, 4) is 0 Å². The highest BCUT2D eigenvalue weighted by atomic mass is 35.5. The number of nitrogens with one attached hydrogen (secondary N) is 1. The summed E-state index contributed by atoms with van der Waals surface area (Å²) >= 11 is 5.29. The van der Waals surface area contributed by atoms with E-state index in [-0.39, 0.29) is 12.3 Å². The zero-order chi connectivity index (χ0) is 16.4. The van der Waals surface area contributed by atoms with Crippen LogP contribution in [0.25, 0.3) is 0 Å². The number of amides is 1. The lowest BCUT2D eigenvalue weighted by Gasteiger charge is -2.11. The number of halogens is 4. The molecule has 0 aliphatic carbocycles. The molecule has 0 aliphatic heterocycles. The molecule has 5 nitrogen and oxygen atoms in total. The number of aromatic nitrogens is 1. The minimum absolute atomic E-state index is 0.0770. The minimum Gasteiger partial charge on any atom is -0.274 e. The van der Waals surface area contributed by atoms with Crippen molar-refractivity contribution in [3.63, 3.8) is 0 Å². The first-order valence-corrected chi connectivity index (χ1v) is 7.58. The molecule has 1 aromatic rings. The lowest BCUT2D eigenvalue weighted by molar-refractivity contribution is -0.137. The van der Waals surface area contributed by atoms with Gasteiger partial charge in [0.15, 0.2) is 0 Å². The van der Waals surface area contributed by atoms with Crippen molar-refractivity contribution in [2.24, 2.45) is 5.92 Å². The van der Waals surface area contributed by atoms with Crippen molar-refractivity contribution < 1.29 is 26.4 Å². The number of nitrogens with zero attached hydrogens (tertiary/aromatic N) is 1. The molecule has 0 aliphatic rings. The predicted molar refractivity (Wildman–Crippen MR) is 69.0 cm³/mol. The first-order chi connectivity index (χ1) is 9.43. The van der Waals surface area contributed by atoms with Gasteiger partial charge in [-0.1, -0.05) is 25.4 Å². The number of hydrogen-bond acceptors (Lipinski definition) is 4. The summed E-state index contributed by atoms with van der Waals surface area (Å²) in [7, 11) is -4.43. The predicted octanol–water partition coefficient (Wildman–Crippen LogP) is 2.60. The maximum Gasteiger partial charge on any atom is 0.419 e. The van der Waals surface area contributed by atoms with E-state index in [4.69, 9.17) is 11.6 Å². The Bertz CT molecular complexity index is 645. The van der Waals surface area contributed by atoms with Crippen LogP contribution in [-0.4, -0.2) is 19.3 Å². The van der Waals surface area contributed by atoms with Crippen molar-refractivity contribution in [2.75, 3.05) is 0 Å². The van der Waals surface area contributed by atoms with Gasteiger partial charge >= 0.3 is 6.18 Å². The Hall–Kier alpha value is -1.35. The Morgan fingerprint density at radius 1 is 1.43 bits per heavy atom. The van der Waals surface area contributed by atoms with Crippen LogP contribution in [0.1, 0.15) is 25.8 Å². The molecule has 0 atom stereocenters. The fourth-order valence-electron chi connectivity index (χ4n) is 1.40. The average Bonchev–Trinajstić information content (AvgIpc) is 2.25. The molecule has 0 aromatic carbocycles. The van der Waals surface area contributed by atoms with Gasteiger partial charge in [-0.25, -0.2) is 18.1 Å². The largest absolute Gasteiger partial charge is 0.419 e. The van der Waals surface area contributed by atoms with Crippen molar-refractivity contribution >= 4 is 27.5 Å². The fourth-order valence-corrected chi connectivity index (χ4v) is 2.57. The normalized spacial score (nSPS) is 12.5. The number of rotatable bonds is 4. The van der Waals surface area contributed by atoms with Crippen molar-refractivity contribution in [1.82, 2.24) is 9.71 Å². The second-order valence-corrected chi connectivity index (χ2v) is 6.67. The smallest absolute Gasteiger partial charge is 0.274 e. The van der Waals surface area contributed by atoms with Gasteiger partial charge < -0.3 is 0 Å². The van der Waals surface area contributed by atoms with Crippen molar-refractivity contribution in [2.45, 2.75) is 31.3 Å². The second kappa shape index (κ2) is 6.18. The third-order valence-electron chi connectivity index (χ3n) is 2.27. The van der Waals surface area contributed by atoms with Crippen LogP contribution in [0.15, 0.2) is 17.2 Å². The van der Waals surface area contributed by atoms with Crippen LogP contribution < -0.4 is 4.72 Å². The van der Waals surface area contributed by atoms with Gasteiger partial charge in [-0.2, -0.15) is 13.2 Å². The summed E-state index contributed by atoms with van der Waals surface area (Å²) in [5.74, 6) is -0.914. The molecule has 10 heteroatoms. The van der Waals surface area contributed by atoms with Crippen molar-refractivity contribution in [3.05, 3.63) is 23.0 Å². The number of alkyl halides is 3. The lowest BCUT2D eigenvalue weighted by Crippen LogP contribution is -2.31. The molecule has 1 heterocycles. The van der Waals surface area contributed by atoms with E-state index in [1.54, 1.807) is 18.6 Å². The van der Waals surface area contributed by atoms with Gasteiger partial charge in [-0.05, 0) is 12.0 Å². The molecule has 0 saturated carbocycles. The van der Waals surface area contributed by atoms with Crippen LogP contribution in [0, 0.1) is 5.92 Å². The summed E-state index contributed by atoms with van der Waals surface area (Å²) < 4.78 is 63.3. The molecule has 21 heavy (non-hydrogen) atoms. The summed E-state index contributed by atoms with van der Waals surface area (Å²) in [5, 5.41) is -0.866. The molecule has 0 spiro atoms. The molecule has 0 fully saturated rings. The Kier molecular flexibility index (Phi) is 5.21. The van der Waals surface area contributed by atoms with Gasteiger partial charge in [0, 0.05) is 12.6 Å². The maximum absolute atomic E-state index is 12.6. The summed E-state index contributed by atoms with van der Waals surface area (Å²) in [6, 6.07) is 0.334. The summed E-state index contributed by atoms with van der Waals surface area (Å²) in [6.07, 6.45) is -4.27. The molecule has 1 rings (SSSR count). The standard InChI is InChI=1S/C11H12ClF3N2O3S/c1-6(2)3-9(18)17-21(19,20)7-4-8(11(13,14)15)10(12)16-5-7/h4-6H,3H2,1-2H3,(H,17,18). The molecule has 0 radical (unpaired) electrons. The van der Waals surface area contributed by atoms with Crippen LogP contribution in [0.2, 0.25) is 5.15 Å². The van der Waals surface area contributed by atoms with Gasteiger partial charge in [0.1, 0.15) is 10.0 Å². The number of carbonyl (C=O) groups excluding carboxylic acids is 1. The van der Waals surface area contributed by atoms with Crippen LogP contribution >= 0.6 is 11.6 Å². The maximum atomic E-state index is 12.6. The molecule has 1 N–H and O–H groups in total. The van der Waals surface area contributed by atoms with E-state index in [1.165, 1.54) is 0 Å². The quantitative estimate of drug-likeness (QED) is 0.852. The lowest BCUT2D eigenvalue weighted by atomic mass is 10.1. The first-order valence-electron chi connectivity index (χ1n) is 5.72. The van der Waals surface area contributed by atoms with E-state index in [1.807, 2.05) is 0 Å². The zero-order valence-electron chi connectivity index (χ0n) is 11.0. The highest BCUT2D eigenvalue weighted by Gasteiger charge is 2.35. The monoisotopic (exact) mass is 344 g/mol. The van der Waals surface area contributed by atoms with Gasteiger partial charge in [0.05, 0.1) is 5.56 Å². The van der Waals surface area contributed by atoms with Crippen LogP contribution in [0.3, 0.4) is 0 Å². The Balaban J connectivity index is 3.13. The molecule has 1 amide bonds. The molecular weight excluding hydrogens is 333 g/mol. The third kappa shape index (κ3) is 4.85. The average molecular weight is 345 g/mol. The van der Waals surface area contributed by atoms with E-state index in [9.17, 15) is 26.4 Å². The van der Waals surface area contributed by atoms with E-state index >= 15 is 0 Å². The van der Waals surface area contributed by atoms with Gasteiger partial charge in [0.25, 0.3) is 10.0 Å². The molecule has 0 saturated heterocycles. The Morgan fingerprint density at radius 3 is 2.48 bits per heavy atom. The second-order valence-electron chi connectivity index (χ2n) is 4.63. The first kappa shape index (κ1) is 17.7. The Labute approximate surface area is 124 Å². The summed E-state index contributed by atoms with van der Waals surface area (Å²) in [6.45, 7) is 3.38. The topological polar surface area (TPSA) is 76.1 Å². The SMILES string of the molecule is CC(C)CC(=O)NS(=O)(=O)c1cnc(Cl)c(C(F)(F)F)c1. The number of hydrogen-bond donors (Lipinski definition) is 1.